The van der Waals surface area contributed by atoms with Crippen LogP contribution in [-0.4, -0.2) is 14.5 Å². The maximum atomic E-state index is 12.1. The number of nitrogens with zero attached hydrogens (tertiary/aromatic N) is 2. The molecule has 4 nitrogen and oxygen atoms in total. The van der Waals surface area contributed by atoms with Gasteiger partial charge in [0.2, 0.25) is 0 Å². The first-order valence-electron chi connectivity index (χ1n) is 5.80. The second-order valence-corrected chi connectivity index (χ2v) is 4.39. The number of hydrogen-bond donors (Lipinski definition) is 1. The maximum absolute atomic E-state index is 12.1. The van der Waals surface area contributed by atoms with E-state index in [1.807, 2.05) is 44.2 Å². The van der Waals surface area contributed by atoms with E-state index in [-0.39, 0.29) is 5.69 Å². The largest absolute Gasteiger partial charge is 0.331 e. The van der Waals surface area contributed by atoms with Crippen molar-refractivity contribution in [3.05, 3.63) is 58.3 Å². The van der Waals surface area contributed by atoms with Crippen LogP contribution in [0.1, 0.15) is 11.3 Å². The molecule has 90 valence electrons. The Labute approximate surface area is 104 Å². The lowest BCUT2D eigenvalue weighted by Gasteiger charge is -2.07. The molecule has 0 aliphatic rings. The molecule has 0 radical (unpaired) electrons. The summed E-state index contributed by atoms with van der Waals surface area (Å²) in [7, 11) is 0. The van der Waals surface area contributed by atoms with Crippen LogP contribution >= 0.6 is 0 Å². The number of H-pyrrole nitrogens is 1. The smallest absolute Gasteiger partial charge is 0.305 e. The number of para-hydroxylation sites is 2. The molecule has 2 aromatic heterocycles. The van der Waals surface area contributed by atoms with Gasteiger partial charge in [-0.3, -0.25) is 9.55 Å². The Hall–Kier alpha value is -2.36. The summed E-state index contributed by atoms with van der Waals surface area (Å²) < 4.78 is 1.66. The molecular formula is C14H13N3O. The van der Waals surface area contributed by atoms with Gasteiger partial charge < -0.3 is 4.98 Å². The quantitative estimate of drug-likeness (QED) is 0.708. The third-order valence-electron chi connectivity index (χ3n) is 3.05. The minimum absolute atomic E-state index is 0.134. The second kappa shape index (κ2) is 3.84. The first-order valence-corrected chi connectivity index (χ1v) is 5.80. The lowest BCUT2D eigenvalue weighted by Crippen LogP contribution is -2.16. The van der Waals surface area contributed by atoms with E-state index < -0.39 is 0 Å². The van der Waals surface area contributed by atoms with E-state index in [4.69, 9.17) is 0 Å². The van der Waals surface area contributed by atoms with Crippen LogP contribution in [0.4, 0.5) is 0 Å². The Bertz CT molecular complexity index is 783. The summed E-state index contributed by atoms with van der Waals surface area (Å²) in [5.74, 6) is 0. The zero-order chi connectivity index (χ0) is 12.7. The fourth-order valence-electron chi connectivity index (χ4n) is 2.22. The molecule has 0 aliphatic carbocycles. The van der Waals surface area contributed by atoms with Crippen molar-refractivity contribution in [3.63, 3.8) is 0 Å². The van der Waals surface area contributed by atoms with E-state index in [9.17, 15) is 4.79 Å². The summed E-state index contributed by atoms with van der Waals surface area (Å²) >= 11 is 0. The van der Waals surface area contributed by atoms with Crippen molar-refractivity contribution in [1.82, 2.24) is 14.5 Å². The van der Waals surface area contributed by atoms with Crippen LogP contribution in [0, 0.1) is 13.8 Å². The van der Waals surface area contributed by atoms with Crippen LogP contribution in [0.3, 0.4) is 0 Å². The predicted molar refractivity (Wildman–Crippen MR) is 71.2 cm³/mol. The Morgan fingerprint density at radius 3 is 2.78 bits per heavy atom. The number of aromatic amines is 1. The van der Waals surface area contributed by atoms with Crippen LogP contribution in [0.25, 0.3) is 16.7 Å². The molecule has 0 fully saturated rings. The summed E-state index contributed by atoms with van der Waals surface area (Å²) in [6.45, 7) is 3.92. The molecule has 0 unspecified atom stereocenters. The molecule has 0 atom stereocenters. The highest BCUT2D eigenvalue weighted by atomic mass is 16.1. The van der Waals surface area contributed by atoms with Crippen LogP contribution < -0.4 is 5.69 Å². The van der Waals surface area contributed by atoms with Gasteiger partial charge in [0.25, 0.3) is 0 Å². The van der Waals surface area contributed by atoms with E-state index in [0.717, 1.165) is 28.0 Å². The zero-order valence-electron chi connectivity index (χ0n) is 10.3. The number of rotatable bonds is 1. The summed E-state index contributed by atoms with van der Waals surface area (Å²) in [6.07, 6.45) is 1.74. The van der Waals surface area contributed by atoms with Gasteiger partial charge in [-0.1, -0.05) is 12.1 Å². The number of hydrogen-bond acceptors (Lipinski definition) is 2. The van der Waals surface area contributed by atoms with Gasteiger partial charge in [-0.2, -0.15) is 0 Å². The average molecular weight is 239 g/mol. The van der Waals surface area contributed by atoms with Crippen LogP contribution in [0.5, 0.6) is 0 Å². The van der Waals surface area contributed by atoms with E-state index >= 15 is 0 Å². The minimum atomic E-state index is -0.134. The number of benzene rings is 1. The highest BCUT2D eigenvalue weighted by molar-refractivity contribution is 5.77. The van der Waals surface area contributed by atoms with Crippen molar-refractivity contribution in [2.24, 2.45) is 0 Å². The van der Waals surface area contributed by atoms with Gasteiger partial charge in [-0.25, -0.2) is 4.79 Å². The normalized spacial score (nSPS) is 11.0. The third kappa shape index (κ3) is 1.54. The van der Waals surface area contributed by atoms with Crippen molar-refractivity contribution in [2.45, 2.75) is 13.8 Å². The van der Waals surface area contributed by atoms with E-state index in [0.29, 0.717) is 0 Å². The summed E-state index contributed by atoms with van der Waals surface area (Å²) in [6, 6.07) is 9.62. The molecular weight excluding hydrogens is 226 g/mol. The summed E-state index contributed by atoms with van der Waals surface area (Å²) in [4.78, 5) is 19.2. The molecule has 1 N–H and O–H groups in total. The van der Waals surface area contributed by atoms with Gasteiger partial charge in [-0.05, 0) is 37.6 Å². The molecule has 3 aromatic rings. The lowest BCUT2D eigenvalue weighted by atomic mass is 10.2. The Balaban J connectivity index is 2.38. The average Bonchev–Trinajstić information content (AvgIpc) is 2.66. The van der Waals surface area contributed by atoms with Crippen LogP contribution in [0.2, 0.25) is 0 Å². The highest BCUT2D eigenvalue weighted by Gasteiger charge is 2.10. The van der Waals surface area contributed by atoms with E-state index in [1.165, 1.54) is 0 Å². The zero-order valence-corrected chi connectivity index (χ0v) is 10.3. The first kappa shape index (κ1) is 10.8. The number of pyridine rings is 1. The van der Waals surface area contributed by atoms with Crippen molar-refractivity contribution in [2.75, 3.05) is 0 Å². The van der Waals surface area contributed by atoms with Gasteiger partial charge in [-0.15, -0.1) is 0 Å². The van der Waals surface area contributed by atoms with Crippen molar-refractivity contribution in [3.8, 4) is 5.69 Å². The lowest BCUT2D eigenvalue weighted by molar-refractivity contribution is 0.981. The molecule has 0 bridgehead atoms. The monoisotopic (exact) mass is 239 g/mol. The topological polar surface area (TPSA) is 50.7 Å². The van der Waals surface area contributed by atoms with E-state index in [1.54, 1.807) is 10.8 Å². The van der Waals surface area contributed by atoms with Crippen LogP contribution in [-0.2, 0) is 0 Å². The Morgan fingerprint density at radius 2 is 2.00 bits per heavy atom. The molecule has 0 saturated heterocycles. The molecule has 2 heterocycles. The van der Waals surface area contributed by atoms with Crippen molar-refractivity contribution in [1.29, 1.82) is 0 Å². The van der Waals surface area contributed by atoms with Gasteiger partial charge in [0.05, 0.1) is 22.9 Å². The molecule has 0 amide bonds. The second-order valence-electron chi connectivity index (χ2n) is 4.39. The fraction of sp³-hybridized carbons (Fsp3) is 0.143. The number of nitrogens with one attached hydrogen (secondary N) is 1. The molecule has 1 aromatic carbocycles. The number of aryl methyl sites for hydroxylation is 2. The molecule has 0 spiro atoms. The third-order valence-corrected chi connectivity index (χ3v) is 3.05. The molecule has 0 saturated carbocycles. The van der Waals surface area contributed by atoms with Gasteiger partial charge >= 0.3 is 5.69 Å². The Morgan fingerprint density at radius 1 is 1.22 bits per heavy atom. The van der Waals surface area contributed by atoms with Gasteiger partial charge in [0, 0.05) is 5.69 Å². The molecule has 18 heavy (non-hydrogen) atoms. The van der Waals surface area contributed by atoms with Crippen molar-refractivity contribution >= 4 is 11.0 Å². The SMILES string of the molecule is Cc1cc(C)c(-n2c(=O)[nH]c3ccccc32)cn1. The standard InChI is InChI=1S/C14H13N3O/c1-9-7-10(2)15-8-13(9)17-12-6-4-3-5-11(12)16-14(17)18/h3-8H,1-2H3,(H,16,18). The summed E-state index contributed by atoms with van der Waals surface area (Å²) in [5, 5.41) is 0. The summed E-state index contributed by atoms with van der Waals surface area (Å²) in [5.41, 5.74) is 4.38. The van der Waals surface area contributed by atoms with Crippen molar-refractivity contribution < 1.29 is 0 Å². The Kier molecular flexibility index (Phi) is 2.30. The van der Waals surface area contributed by atoms with Gasteiger partial charge in [0.1, 0.15) is 0 Å². The van der Waals surface area contributed by atoms with Crippen LogP contribution in [0.15, 0.2) is 41.3 Å². The number of fused-ring (bicyclic) bond motifs is 1. The highest BCUT2D eigenvalue weighted by Crippen LogP contribution is 2.17. The predicted octanol–water partition coefficient (Wildman–Crippen LogP) is 2.33. The molecule has 4 heteroatoms. The number of imidazole rings is 1. The maximum Gasteiger partial charge on any atom is 0.331 e. The number of aromatic nitrogens is 3. The van der Waals surface area contributed by atoms with Gasteiger partial charge in [0.15, 0.2) is 0 Å². The first-order chi connectivity index (χ1) is 8.66. The van der Waals surface area contributed by atoms with E-state index in [2.05, 4.69) is 9.97 Å². The molecule has 0 aliphatic heterocycles. The molecule has 3 rings (SSSR count). The minimum Gasteiger partial charge on any atom is -0.305 e. The fourth-order valence-corrected chi connectivity index (χ4v) is 2.22.